The Morgan fingerprint density at radius 3 is 2.27 bits per heavy atom. The van der Waals surface area contributed by atoms with Crippen LogP contribution in [0, 0.1) is 17.8 Å². The van der Waals surface area contributed by atoms with Gasteiger partial charge in [0.15, 0.2) is 0 Å². The van der Waals surface area contributed by atoms with Gasteiger partial charge in [-0.2, -0.15) is 0 Å². The first-order valence-corrected chi connectivity index (χ1v) is 14.4. The SMILES string of the molecule is CCN(CC)c1ccc(C(=C2C=CCC=C2)c2ccc(NCC3CC4CCC3C4)c3ccccc23)cc1. The Labute approximate surface area is 222 Å². The largest absolute Gasteiger partial charge is 0.384 e. The minimum Gasteiger partial charge on any atom is -0.384 e. The first kappa shape index (κ1) is 24.1. The molecule has 2 saturated carbocycles. The first-order valence-electron chi connectivity index (χ1n) is 14.4. The van der Waals surface area contributed by atoms with Gasteiger partial charge in [-0.3, -0.25) is 0 Å². The zero-order valence-electron chi connectivity index (χ0n) is 22.4. The molecule has 0 radical (unpaired) electrons. The molecule has 0 aromatic heterocycles. The number of fused-ring (bicyclic) bond motifs is 3. The van der Waals surface area contributed by atoms with Crippen molar-refractivity contribution in [2.75, 3.05) is 29.9 Å². The summed E-state index contributed by atoms with van der Waals surface area (Å²) < 4.78 is 0. The van der Waals surface area contributed by atoms with E-state index in [4.69, 9.17) is 0 Å². The summed E-state index contributed by atoms with van der Waals surface area (Å²) in [6, 6.07) is 22.8. The van der Waals surface area contributed by atoms with Crippen molar-refractivity contribution in [2.24, 2.45) is 17.8 Å². The van der Waals surface area contributed by atoms with Gasteiger partial charge in [-0.25, -0.2) is 0 Å². The number of nitrogens with one attached hydrogen (secondary N) is 1. The van der Waals surface area contributed by atoms with Crippen LogP contribution in [0.4, 0.5) is 11.4 Å². The Balaban J connectivity index is 1.39. The number of hydrogen-bond donors (Lipinski definition) is 1. The lowest BCUT2D eigenvalue weighted by molar-refractivity contribution is 0.348. The third kappa shape index (κ3) is 4.75. The molecule has 3 unspecified atom stereocenters. The van der Waals surface area contributed by atoms with Crippen LogP contribution in [0.2, 0.25) is 0 Å². The Morgan fingerprint density at radius 1 is 0.838 bits per heavy atom. The Hall–Kier alpha value is -3.26. The molecule has 3 aromatic rings. The second-order valence-corrected chi connectivity index (χ2v) is 11.1. The zero-order valence-corrected chi connectivity index (χ0v) is 22.4. The predicted molar refractivity (Wildman–Crippen MR) is 160 cm³/mol. The van der Waals surface area contributed by atoms with E-state index in [1.807, 2.05) is 0 Å². The molecule has 3 atom stereocenters. The molecule has 0 amide bonds. The van der Waals surface area contributed by atoms with E-state index in [-0.39, 0.29) is 0 Å². The lowest BCUT2D eigenvalue weighted by Crippen LogP contribution is -2.21. The molecule has 0 spiro atoms. The minimum absolute atomic E-state index is 0.844. The van der Waals surface area contributed by atoms with Crippen LogP contribution in [0.1, 0.15) is 57.1 Å². The summed E-state index contributed by atoms with van der Waals surface area (Å²) in [4.78, 5) is 2.41. The fourth-order valence-electron chi connectivity index (χ4n) is 7.13. The maximum absolute atomic E-state index is 3.88. The van der Waals surface area contributed by atoms with Crippen molar-refractivity contribution >= 4 is 27.7 Å². The number of benzene rings is 3. The molecule has 0 heterocycles. The molecule has 3 aromatic carbocycles. The highest BCUT2D eigenvalue weighted by Crippen LogP contribution is 2.48. The van der Waals surface area contributed by atoms with Gasteiger partial charge in [-0.15, -0.1) is 0 Å². The molecular formula is C35H40N2. The standard InChI is InChI=1S/C35H40N2/c1-3-37(4-2)30-18-16-27(17-19-30)35(26-10-6-5-7-11-26)33-20-21-34(32-13-9-8-12-31(32)33)36-24-29-23-25-14-15-28(29)22-25/h6-13,16-21,25,28-29,36H,3-5,14-15,22-24H2,1-2H3. The van der Waals surface area contributed by atoms with E-state index in [2.05, 4.69) is 109 Å². The van der Waals surface area contributed by atoms with Gasteiger partial charge in [0.2, 0.25) is 0 Å². The Morgan fingerprint density at radius 2 is 1.59 bits per heavy atom. The maximum Gasteiger partial charge on any atom is 0.0420 e. The van der Waals surface area contributed by atoms with E-state index in [9.17, 15) is 0 Å². The number of hydrogen-bond acceptors (Lipinski definition) is 2. The normalized spacial score (nSPS) is 22.1. The van der Waals surface area contributed by atoms with Crippen LogP contribution in [0.3, 0.4) is 0 Å². The molecular weight excluding hydrogens is 448 g/mol. The third-order valence-corrected chi connectivity index (χ3v) is 9.07. The molecule has 6 rings (SSSR count). The van der Waals surface area contributed by atoms with E-state index in [1.165, 1.54) is 70.1 Å². The van der Waals surface area contributed by atoms with E-state index < -0.39 is 0 Å². The number of rotatable bonds is 8. The summed E-state index contributed by atoms with van der Waals surface area (Å²) in [6.45, 7) is 7.60. The molecule has 2 bridgehead atoms. The molecule has 2 fully saturated rings. The van der Waals surface area contributed by atoms with Crippen LogP contribution >= 0.6 is 0 Å². The van der Waals surface area contributed by atoms with E-state index in [0.29, 0.717) is 0 Å². The van der Waals surface area contributed by atoms with Crippen molar-refractivity contribution in [2.45, 2.75) is 46.0 Å². The first-order chi connectivity index (χ1) is 18.2. The fraction of sp³-hybridized carbons (Fsp3) is 0.371. The highest BCUT2D eigenvalue weighted by atomic mass is 15.1. The summed E-state index contributed by atoms with van der Waals surface area (Å²) in [5.41, 5.74) is 7.75. The molecule has 3 aliphatic carbocycles. The minimum atomic E-state index is 0.844. The summed E-state index contributed by atoms with van der Waals surface area (Å²) in [5.74, 6) is 2.79. The molecule has 37 heavy (non-hydrogen) atoms. The number of allylic oxidation sites excluding steroid dienone is 5. The second kappa shape index (κ2) is 10.6. The highest BCUT2D eigenvalue weighted by Gasteiger charge is 2.39. The summed E-state index contributed by atoms with van der Waals surface area (Å²) in [5, 5.41) is 6.53. The average molecular weight is 489 g/mol. The predicted octanol–water partition coefficient (Wildman–Crippen LogP) is 8.85. The Kier molecular flexibility index (Phi) is 6.91. The molecule has 0 aliphatic heterocycles. The van der Waals surface area contributed by atoms with Gasteiger partial charge in [0.1, 0.15) is 0 Å². The summed E-state index contributed by atoms with van der Waals surface area (Å²) in [7, 11) is 0. The lowest BCUT2D eigenvalue weighted by atomic mass is 9.87. The van der Waals surface area contributed by atoms with Crippen molar-refractivity contribution in [3.05, 3.63) is 102 Å². The van der Waals surface area contributed by atoms with E-state index in [1.54, 1.807) is 0 Å². The Bertz CT molecular complexity index is 1330. The van der Waals surface area contributed by atoms with Gasteiger partial charge in [0.25, 0.3) is 0 Å². The van der Waals surface area contributed by atoms with Gasteiger partial charge in [-0.1, -0.05) is 73.2 Å². The zero-order chi connectivity index (χ0) is 25.2. The van der Waals surface area contributed by atoms with E-state index in [0.717, 1.165) is 43.8 Å². The van der Waals surface area contributed by atoms with Crippen LogP contribution < -0.4 is 10.2 Å². The molecule has 2 heteroatoms. The molecule has 0 saturated heterocycles. The monoisotopic (exact) mass is 488 g/mol. The lowest BCUT2D eigenvalue weighted by Gasteiger charge is -2.24. The van der Waals surface area contributed by atoms with Gasteiger partial charge in [0, 0.05) is 36.4 Å². The van der Waals surface area contributed by atoms with Gasteiger partial charge in [-0.05, 0) is 103 Å². The molecule has 2 nitrogen and oxygen atoms in total. The van der Waals surface area contributed by atoms with Gasteiger partial charge in [0.05, 0.1) is 0 Å². The van der Waals surface area contributed by atoms with Gasteiger partial charge < -0.3 is 10.2 Å². The quantitative estimate of drug-likeness (QED) is 0.341. The molecule has 190 valence electrons. The molecule has 3 aliphatic rings. The van der Waals surface area contributed by atoms with Crippen LogP contribution in [0.25, 0.3) is 16.3 Å². The van der Waals surface area contributed by atoms with Crippen molar-refractivity contribution in [3.8, 4) is 0 Å². The summed E-state index contributed by atoms with van der Waals surface area (Å²) in [6.07, 6.45) is 15.9. The highest BCUT2D eigenvalue weighted by molar-refractivity contribution is 6.04. The fourth-order valence-corrected chi connectivity index (χ4v) is 7.13. The second-order valence-electron chi connectivity index (χ2n) is 11.1. The van der Waals surface area contributed by atoms with Crippen molar-refractivity contribution in [1.82, 2.24) is 0 Å². The maximum atomic E-state index is 3.88. The van der Waals surface area contributed by atoms with Crippen molar-refractivity contribution in [3.63, 3.8) is 0 Å². The summed E-state index contributed by atoms with van der Waals surface area (Å²) >= 11 is 0. The van der Waals surface area contributed by atoms with Crippen molar-refractivity contribution in [1.29, 1.82) is 0 Å². The van der Waals surface area contributed by atoms with Crippen LogP contribution in [-0.4, -0.2) is 19.6 Å². The van der Waals surface area contributed by atoms with Crippen LogP contribution in [-0.2, 0) is 0 Å². The average Bonchev–Trinajstić information content (AvgIpc) is 3.58. The molecule has 1 N–H and O–H groups in total. The van der Waals surface area contributed by atoms with Gasteiger partial charge >= 0.3 is 0 Å². The van der Waals surface area contributed by atoms with Crippen LogP contribution in [0.15, 0.2) is 90.5 Å². The topological polar surface area (TPSA) is 15.3 Å². The number of nitrogens with zero attached hydrogens (tertiary/aromatic N) is 1. The smallest absolute Gasteiger partial charge is 0.0420 e. The van der Waals surface area contributed by atoms with E-state index >= 15 is 0 Å². The third-order valence-electron chi connectivity index (χ3n) is 9.07. The van der Waals surface area contributed by atoms with Crippen LogP contribution in [0.5, 0.6) is 0 Å². The van der Waals surface area contributed by atoms with Crippen molar-refractivity contribution < 1.29 is 0 Å². The number of anilines is 2.